The van der Waals surface area contributed by atoms with Crippen LogP contribution in [0, 0.1) is 0 Å². The van der Waals surface area contributed by atoms with Crippen molar-refractivity contribution in [3.63, 3.8) is 0 Å². The highest BCUT2D eigenvalue weighted by Crippen LogP contribution is 2.26. The van der Waals surface area contributed by atoms with E-state index >= 15 is 0 Å². The number of nitrogens with zero attached hydrogens (tertiary/aromatic N) is 5. The number of aromatic nitrogens is 4. The third kappa shape index (κ3) is 3.05. The zero-order chi connectivity index (χ0) is 13.8. The zero-order valence-corrected chi connectivity index (χ0v) is 11.9. The molecule has 2 aromatic rings. The SMILES string of the molecule is C=C(OCC)c1nnc(-c2cncc(N(C)C)n2)s1. The second kappa shape index (κ2) is 5.75. The Labute approximate surface area is 115 Å². The van der Waals surface area contributed by atoms with Crippen molar-refractivity contribution in [2.75, 3.05) is 25.6 Å². The summed E-state index contributed by atoms with van der Waals surface area (Å²) in [6.07, 6.45) is 3.37. The quantitative estimate of drug-likeness (QED) is 0.780. The Balaban J connectivity index is 2.27. The highest BCUT2D eigenvalue weighted by atomic mass is 32.1. The van der Waals surface area contributed by atoms with Gasteiger partial charge in [-0.15, -0.1) is 10.2 Å². The molecule has 2 heterocycles. The maximum Gasteiger partial charge on any atom is 0.182 e. The maximum atomic E-state index is 5.31. The number of ether oxygens (including phenoxy) is 1. The average Bonchev–Trinajstić information content (AvgIpc) is 2.89. The van der Waals surface area contributed by atoms with Crippen molar-refractivity contribution in [3.05, 3.63) is 24.0 Å². The van der Waals surface area contributed by atoms with Crippen molar-refractivity contribution in [1.29, 1.82) is 0 Å². The summed E-state index contributed by atoms with van der Waals surface area (Å²) in [5.41, 5.74) is 0.694. The Morgan fingerprint density at radius 3 is 2.84 bits per heavy atom. The van der Waals surface area contributed by atoms with Crippen molar-refractivity contribution in [2.24, 2.45) is 0 Å². The van der Waals surface area contributed by atoms with Crippen LogP contribution in [0.5, 0.6) is 0 Å². The first-order valence-corrected chi connectivity index (χ1v) is 6.58. The third-order valence-corrected chi connectivity index (χ3v) is 3.27. The molecule has 19 heavy (non-hydrogen) atoms. The molecule has 100 valence electrons. The van der Waals surface area contributed by atoms with E-state index in [4.69, 9.17) is 4.74 Å². The molecule has 0 saturated heterocycles. The van der Waals surface area contributed by atoms with Gasteiger partial charge >= 0.3 is 0 Å². The van der Waals surface area contributed by atoms with Gasteiger partial charge < -0.3 is 9.64 Å². The van der Waals surface area contributed by atoms with Crippen LogP contribution in [0.2, 0.25) is 0 Å². The molecule has 0 atom stereocenters. The minimum atomic E-state index is 0.531. The van der Waals surface area contributed by atoms with Crippen LogP contribution in [0.4, 0.5) is 5.82 Å². The second-order valence-corrected chi connectivity index (χ2v) is 4.90. The van der Waals surface area contributed by atoms with Crippen LogP contribution in [0.3, 0.4) is 0 Å². The van der Waals surface area contributed by atoms with E-state index in [-0.39, 0.29) is 0 Å². The second-order valence-electron chi connectivity index (χ2n) is 3.93. The Bertz CT molecular complexity index is 581. The monoisotopic (exact) mass is 277 g/mol. The molecule has 0 amide bonds. The predicted octanol–water partition coefficient (Wildman–Crippen LogP) is 2.07. The van der Waals surface area contributed by atoms with E-state index in [2.05, 4.69) is 26.7 Å². The molecule has 2 aromatic heterocycles. The van der Waals surface area contributed by atoms with Crippen molar-refractivity contribution < 1.29 is 4.74 Å². The van der Waals surface area contributed by atoms with Crippen molar-refractivity contribution in [2.45, 2.75) is 6.92 Å². The normalized spacial score (nSPS) is 10.3. The molecule has 6 nitrogen and oxygen atoms in total. The van der Waals surface area contributed by atoms with E-state index < -0.39 is 0 Å². The molecule has 0 spiro atoms. The lowest BCUT2D eigenvalue weighted by molar-refractivity contribution is 0.298. The van der Waals surface area contributed by atoms with Gasteiger partial charge in [-0.3, -0.25) is 4.98 Å². The minimum absolute atomic E-state index is 0.531. The Hall–Kier alpha value is -2.02. The molecule has 7 heteroatoms. The molecular weight excluding hydrogens is 262 g/mol. The topological polar surface area (TPSA) is 64.0 Å². The van der Waals surface area contributed by atoms with Crippen LogP contribution in [0.15, 0.2) is 19.0 Å². The first-order valence-electron chi connectivity index (χ1n) is 5.77. The number of rotatable bonds is 5. The summed E-state index contributed by atoms with van der Waals surface area (Å²) >= 11 is 1.39. The van der Waals surface area contributed by atoms with Crippen molar-refractivity contribution in [3.8, 4) is 10.7 Å². The zero-order valence-electron chi connectivity index (χ0n) is 11.1. The van der Waals surface area contributed by atoms with Gasteiger partial charge in [0.05, 0.1) is 19.0 Å². The fraction of sp³-hybridized carbons (Fsp3) is 0.333. The van der Waals surface area contributed by atoms with Crippen LogP contribution < -0.4 is 4.90 Å². The molecule has 0 aliphatic rings. The molecule has 0 aromatic carbocycles. The lowest BCUT2D eigenvalue weighted by atomic mass is 10.4. The van der Waals surface area contributed by atoms with Gasteiger partial charge in [-0.2, -0.15) is 0 Å². The number of hydrogen-bond acceptors (Lipinski definition) is 7. The fourth-order valence-electron chi connectivity index (χ4n) is 1.35. The van der Waals surface area contributed by atoms with Crippen LogP contribution in [0.25, 0.3) is 16.5 Å². The summed E-state index contributed by atoms with van der Waals surface area (Å²) in [7, 11) is 3.83. The summed E-state index contributed by atoms with van der Waals surface area (Å²) in [5, 5.41) is 9.51. The predicted molar refractivity (Wildman–Crippen MR) is 75.9 cm³/mol. The molecule has 0 radical (unpaired) electrons. The van der Waals surface area contributed by atoms with Gasteiger partial charge in [-0.1, -0.05) is 17.9 Å². The van der Waals surface area contributed by atoms with Gasteiger partial charge in [0.1, 0.15) is 17.3 Å². The smallest absolute Gasteiger partial charge is 0.182 e. The van der Waals surface area contributed by atoms with E-state index in [9.17, 15) is 0 Å². The highest BCUT2D eigenvalue weighted by Gasteiger charge is 2.12. The molecule has 2 rings (SSSR count). The first-order chi connectivity index (χ1) is 9.11. The lowest BCUT2D eigenvalue weighted by Gasteiger charge is -2.10. The molecular formula is C12H15N5OS. The van der Waals surface area contributed by atoms with E-state index in [1.807, 2.05) is 25.9 Å². The Kier molecular flexibility index (Phi) is 4.06. The van der Waals surface area contributed by atoms with Gasteiger partial charge in [-0.05, 0) is 6.92 Å². The lowest BCUT2D eigenvalue weighted by Crippen LogP contribution is -2.11. The Morgan fingerprint density at radius 2 is 2.16 bits per heavy atom. The minimum Gasteiger partial charge on any atom is -0.491 e. The summed E-state index contributed by atoms with van der Waals surface area (Å²) in [6.45, 7) is 6.27. The Morgan fingerprint density at radius 1 is 1.37 bits per heavy atom. The number of anilines is 1. The summed E-state index contributed by atoms with van der Waals surface area (Å²) in [4.78, 5) is 10.5. The maximum absolute atomic E-state index is 5.31. The van der Waals surface area contributed by atoms with Gasteiger partial charge in [0.15, 0.2) is 10.0 Å². The van der Waals surface area contributed by atoms with Gasteiger partial charge in [0, 0.05) is 14.1 Å². The van der Waals surface area contributed by atoms with Gasteiger partial charge in [0.2, 0.25) is 0 Å². The number of hydrogen-bond donors (Lipinski definition) is 0. The van der Waals surface area contributed by atoms with Gasteiger partial charge in [-0.25, -0.2) is 4.98 Å². The molecule has 0 saturated carbocycles. The first kappa shape index (κ1) is 13.4. The van der Waals surface area contributed by atoms with E-state index in [0.717, 1.165) is 5.82 Å². The molecule has 0 unspecified atom stereocenters. The summed E-state index contributed by atoms with van der Waals surface area (Å²) < 4.78 is 5.31. The van der Waals surface area contributed by atoms with E-state index in [0.29, 0.717) is 28.1 Å². The molecule has 0 bridgehead atoms. The molecule has 0 aliphatic heterocycles. The van der Waals surface area contributed by atoms with Crippen LogP contribution in [-0.4, -0.2) is 40.9 Å². The summed E-state index contributed by atoms with van der Waals surface area (Å²) in [5.74, 6) is 1.31. The standard InChI is InChI=1S/C12H15N5OS/c1-5-18-8(2)11-15-16-12(19-11)9-6-13-7-10(14-9)17(3)4/h6-7H,2,5H2,1,3-4H3. The molecule has 0 fully saturated rings. The van der Waals surface area contributed by atoms with Crippen molar-refractivity contribution >= 4 is 22.9 Å². The van der Waals surface area contributed by atoms with E-state index in [1.54, 1.807) is 12.4 Å². The van der Waals surface area contributed by atoms with Crippen molar-refractivity contribution in [1.82, 2.24) is 20.2 Å². The average molecular weight is 277 g/mol. The highest BCUT2D eigenvalue weighted by molar-refractivity contribution is 7.15. The fourth-order valence-corrected chi connectivity index (χ4v) is 2.07. The van der Waals surface area contributed by atoms with E-state index in [1.165, 1.54) is 11.3 Å². The summed E-state index contributed by atoms with van der Waals surface area (Å²) in [6, 6.07) is 0. The molecule has 0 aliphatic carbocycles. The van der Waals surface area contributed by atoms with Crippen LogP contribution >= 0.6 is 11.3 Å². The van der Waals surface area contributed by atoms with Crippen LogP contribution in [0.1, 0.15) is 11.9 Å². The largest absolute Gasteiger partial charge is 0.491 e. The molecule has 0 N–H and O–H groups in total. The van der Waals surface area contributed by atoms with Gasteiger partial charge in [0.25, 0.3) is 0 Å². The third-order valence-electron chi connectivity index (χ3n) is 2.28. The van der Waals surface area contributed by atoms with Crippen LogP contribution in [-0.2, 0) is 4.74 Å².